The molecule has 1 aromatic carbocycles. The Hall–Kier alpha value is -1.26. The monoisotopic (exact) mass is 194 g/mol. The summed E-state index contributed by atoms with van der Waals surface area (Å²) in [6.07, 6.45) is -0.564. The van der Waals surface area contributed by atoms with Crippen molar-refractivity contribution in [3.8, 4) is 12.3 Å². The predicted octanol–water partition coefficient (Wildman–Crippen LogP) is 2.18. The highest BCUT2D eigenvalue weighted by Gasteiger charge is 2.07. The van der Waals surface area contributed by atoms with Crippen LogP contribution in [0.15, 0.2) is 30.3 Å². The van der Waals surface area contributed by atoms with Crippen molar-refractivity contribution in [3.63, 3.8) is 0 Å². The molecule has 14 heavy (non-hydrogen) atoms. The third-order valence-electron chi connectivity index (χ3n) is 1.73. The number of hydrogen-bond donors (Lipinski definition) is 0. The highest BCUT2D eigenvalue weighted by Crippen LogP contribution is 2.06. The lowest BCUT2D eigenvalue weighted by Crippen LogP contribution is -2.31. The zero-order chi connectivity index (χ0) is 16.3. The van der Waals surface area contributed by atoms with Crippen LogP contribution in [0.1, 0.15) is 22.0 Å². The van der Waals surface area contributed by atoms with E-state index in [1.54, 1.807) is 18.2 Å². The van der Waals surface area contributed by atoms with Gasteiger partial charge < -0.3 is 0 Å². The third-order valence-corrected chi connectivity index (χ3v) is 1.73. The van der Waals surface area contributed by atoms with E-state index in [9.17, 15) is 0 Å². The van der Waals surface area contributed by atoms with Crippen molar-refractivity contribution < 1.29 is 9.60 Å². The summed E-state index contributed by atoms with van der Waals surface area (Å²) >= 11 is 0. The number of benzene rings is 1. The molecule has 0 unspecified atom stereocenters. The van der Waals surface area contributed by atoms with Gasteiger partial charge in [0.2, 0.25) is 0 Å². The molecule has 0 saturated carbocycles. The maximum Gasteiger partial charge on any atom is 0.124 e. The molecule has 1 heteroatoms. The fourth-order valence-electron chi connectivity index (χ4n) is 0.951. The van der Waals surface area contributed by atoms with Crippen molar-refractivity contribution in [1.29, 1.82) is 0 Å². The highest BCUT2D eigenvalue weighted by atomic mass is 15.1. The predicted molar refractivity (Wildman–Crippen MR) is 61.1 cm³/mol. The highest BCUT2D eigenvalue weighted by molar-refractivity contribution is 5.15. The minimum absolute atomic E-state index is 0.113. The van der Waals surface area contributed by atoms with E-state index in [0.29, 0.717) is 0 Å². The van der Waals surface area contributed by atoms with Crippen LogP contribution in [-0.4, -0.2) is 24.5 Å². The molecule has 1 aromatic rings. The molecule has 0 heterocycles. The van der Waals surface area contributed by atoms with Crippen molar-refractivity contribution >= 4 is 0 Å². The standard InChI is InChI=1S/C13H17N/c1-4-10-14(3)12(2)11-13-8-6-5-7-9-13/h1,5-9,12H,10-11H2,2-3H3/t12-/m1/s1/i1D,2D3,11D2,12D. The molecule has 0 spiro atoms. The number of terminal acetylenes is 1. The molecule has 1 nitrogen and oxygen atoms in total. The Balaban J connectivity index is 3.39. The molecular formula is C13H17N. The van der Waals surface area contributed by atoms with Gasteiger partial charge in [-0.25, -0.2) is 0 Å². The molecular weight excluding hydrogens is 170 g/mol. The molecule has 0 aromatic heterocycles. The number of likely N-dealkylation sites (N-methyl/N-ethyl adjacent to an activating group) is 1. The van der Waals surface area contributed by atoms with Crippen LogP contribution in [0.25, 0.3) is 0 Å². The van der Waals surface area contributed by atoms with Crippen LogP contribution in [0, 0.1) is 12.3 Å². The van der Waals surface area contributed by atoms with Gasteiger partial charge in [-0.2, -0.15) is 0 Å². The first-order valence-electron chi connectivity index (χ1n) is 7.75. The van der Waals surface area contributed by atoms with E-state index in [-0.39, 0.29) is 12.1 Å². The molecule has 0 radical (unpaired) electrons. The van der Waals surface area contributed by atoms with Crippen molar-refractivity contribution in [2.24, 2.45) is 0 Å². The molecule has 0 aliphatic rings. The Bertz CT molecular complexity index is 529. The van der Waals surface area contributed by atoms with Gasteiger partial charge >= 0.3 is 0 Å². The first-order chi connectivity index (χ1) is 9.59. The average Bonchev–Trinajstić information content (AvgIpc) is 2.43. The zero-order valence-corrected chi connectivity index (χ0v) is 8.04. The first-order valence-corrected chi connectivity index (χ1v) is 4.25. The Morgan fingerprint density at radius 2 is 2.50 bits per heavy atom. The Labute approximate surface area is 96.6 Å². The van der Waals surface area contributed by atoms with E-state index in [1.165, 1.54) is 19.2 Å². The smallest absolute Gasteiger partial charge is 0.124 e. The maximum atomic E-state index is 8.36. The summed E-state index contributed by atoms with van der Waals surface area (Å²) < 4.78 is 54.5. The molecule has 0 aliphatic carbocycles. The van der Waals surface area contributed by atoms with E-state index in [0.717, 1.165) is 4.90 Å². The summed E-state index contributed by atoms with van der Waals surface area (Å²) in [6, 6.07) is 5.27. The topological polar surface area (TPSA) is 3.24 Å². The SMILES string of the molecule is [2H]C#CCN(C)[C@]([2H])(C([2H])([2H])[2H])C([2H])([2H])c1ccccc1. The van der Waals surface area contributed by atoms with E-state index < -0.39 is 19.2 Å². The lowest BCUT2D eigenvalue weighted by molar-refractivity contribution is 0.287. The second-order valence-electron chi connectivity index (χ2n) is 2.87. The fourth-order valence-corrected chi connectivity index (χ4v) is 0.951. The number of rotatable bonds is 4. The molecule has 0 N–H and O–H groups in total. The average molecular weight is 194 g/mol. The fraction of sp³-hybridized carbons (Fsp3) is 0.385. The molecule has 0 amide bonds. The van der Waals surface area contributed by atoms with Crippen molar-refractivity contribution in [1.82, 2.24) is 4.90 Å². The van der Waals surface area contributed by atoms with Crippen LogP contribution in [0.5, 0.6) is 0 Å². The van der Waals surface area contributed by atoms with Gasteiger partial charge in [0.1, 0.15) is 1.37 Å². The van der Waals surface area contributed by atoms with Crippen molar-refractivity contribution in [2.75, 3.05) is 13.6 Å². The zero-order valence-electron chi connectivity index (χ0n) is 15.0. The number of nitrogens with zero attached hydrogens (tertiary/aromatic N) is 1. The van der Waals surface area contributed by atoms with Gasteiger partial charge in [0.05, 0.1) is 6.54 Å². The Kier molecular flexibility index (Phi) is 1.76. The van der Waals surface area contributed by atoms with Gasteiger partial charge in [0, 0.05) is 14.2 Å². The van der Waals surface area contributed by atoms with Crippen molar-refractivity contribution in [3.05, 3.63) is 35.9 Å². The van der Waals surface area contributed by atoms with Gasteiger partial charge in [-0.15, -0.1) is 6.40 Å². The quantitative estimate of drug-likeness (QED) is 0.664. The van der Waals surface area contributed by atoms with Crippen LogP contribution in [-0.2, 0) is 6.37 Å². The largest absolute Gasteiger partial charge is 0.292 e. The van der Waals surface area contributed by atoms with Crippen LogP contribution >= 0.6 is 0 Å². The number of hydrogen-bond acceptors (Lipinski definition) is 1. The van der Waals surface area contributed by atoms with Crippen LogP contribution in [0.3, 0.4) is 0 Å². The molecule has 1 rings (SSSR count). The molecule has 0 bridgehead atoms. The lowest BCUT2D eigenvalue weighted by Gasteiger charge is -2.22. The summed E-state index contributed by atoms with van der Waals surface area (Å²) in [4.78, 5) is 1.02. The summed E-state index contributed by atoms with van der Waals surface area (Å²) in [7, 11) is 1.32. The van der Waals surface area contributed by atoms with Gasteiger partial charge in [0.15, 0.2) is 0 Å². The Morgan fingerprint density at radius 1 is 1.71 bits per heavy atom. The normalized spacial score (nSPS) is 23.4. The first kappa shape index (κ1) is 4.51. The molecule has 0 aliphatic heterocycles. The van der Waals surface area contributed by atoms with E-state index >= 15 is 0 Å². The summed E-state index contributed by atoms with van der Waals surface area (Å²) in [5.74, 6) is 2.36. The third kappa shape index (κ3) is 3.24. The van der Waals surface area contributed by atoms with E-state index in [4.69, 9.17) is 9.60 Å². The molecule has 1 atom stereocenters. The minimum Gasteiger partial charge on any atom is -0.292 e. The summed E-state index contributed by atoms with van der Waals surface area (Å²) in [6.45, 7) is -3.08. The summed E-state index contributed by atoms with van der Waals surface area (Å²) in [5.41, 5.74) is 0.113. The minimum atomic E-state index is -2.90. The van der Waals surface area contributed by atoms with Gasteiger partial charge in [-0.05, 0) is 25.8 Å². The molecule has 0 saturated heterocycles. The lowest BCUT2D eigenvalue weighted by atomic mass is 10.1. The molecule has 74 valence electrons. The molecule has 0 fully saturated rings. The van der Waals surface area contributed by atoms with Crippen LogP contribution in [0.2, 0.25) is 0 Å². The van der Waals surface area contributed by atoms with Gasteiger partial charge in [-0.3, -0.25) is 4.90 Å². The second-order valence-corrected chi connectivity index (χ2v) is 2.87. The van der Waals surface area contributed by atoms with E-state index in [1.807, 2.05) is 6.40 Å². The van der Waals surface area contributed by atoms with Gasteiger partial charge in [-0.1, -0.05) is 36.3 Å². The van der Waals surface area contributed by atoms with E-state index in [2.05, 4.69) is 5.92 Å². The van der Waals surface area contributed by atoms with Gasteiger partial charge in [0.25, 0.3) is 0 Å². The maximum absolute atomic E-state index is 8.36. The van der Waals surface area contributed by atoms with Crippen LogP contribution in [0.4, 0.5) is 0 Å². The summed E-state index contributed by atoms with van der Waals surface area (Å²) in [5, 5.41) is 0. The second kappa shape index (κ2) is 5.47. The van der Waals surface area contributed by atoms with Crippen LogP contribution < -0.4 is 0 Å². The Morgan fingerprint density at radius 3 is 3.14 bits per heavy atom. The van der Waals surface area contributed by atoms with Crippen molar-refractivity contribution in [2.45, 2.75) is 19.2 Å².